The van der Waals surface area contributed by atoms with E-state index in [4.69, 9.17) is 9.84 Å². The predicted molar refractivity (Wildman–Crippen MR) is 83.8 cm³/mol. The van der Waals surface area contributed by atoms with Crippen molar-refractivity contribution in [1.29, 1.82) is 0 Å². The van der Waals surface area contributed by atoms with Gasteiger partial charge in [0.05, 0.1) is 22.6 Å². The van der Waals surface area contributed by atoms with Crippen LogP contribution in [0.3, 0.4) is 0 Å². The van der Waals surface area contributed by atoms with Crippen molar-refractivity contribution in [2.75, 3.05) is 6.61 Å². The van der Waals surface area contributed by atoms with Crippen molar-refractivity contribution >= 4 is 16.0 Å². The molecule has 2 N–H and O–H groups in total. The molecule has 3 rings (SSSR count). The lowest BCUT2D eigenvalue weighted by molar-refractivity contribution is -0.00736. The molecule has 7 heteroatoms. The van der Waals surface area contributed by atoms with Gasteiger partial charge in [-0.15, -0.1) is 0 Å². The van der Waals surface area contributed by atoms with Gasteiger partial charge in [-0.2, -0.15) is 0 Å². The molecule has 23 heavy (non-hydrogen) atoms. The smallest absolute Gasteiger partial charge is 0.335 e. The largest absolute Gasteiger partial charge is 0.478 e. The van der Waals surface area contributed by atoms with Gasteiger partial charge in [0, 0.05) is 6.61 Å². The molecule has 2 fully saturated rings. The minimum atomic E-state index is -3.68. The van der Waals surface area contributed by atoms with E-state index in [9.17, 15) is 13.2 Å². The first-order chi connectivity index (χ1) is 11.0. The number of carboxylic acids is 1. The Morgan fingerprint density at radius 2 is 1.87 bits per heavy atom. The maximum Gasteiger partial charge on any atom is 0.335 e. The van der Waals surface area contributed by atoms with Crippen molar-refractivity contribution < 1.29 is 23.1 Å². The third-order valence-electron chi connectivity index (χ3n) is 4.45. The topological polar surface area (TPSA) is 92.7 Å². The summed E-state index contributed by atoms with van der Waals surface area (Å²) in [6.45, 7) is 0.683. The van der Waals surface area contributed by atoms with Crippen molar-refractivity contribution in [2.24, 2.45) is 5.92 Å². The van der Waals surface area contributed by atoms with E-state index in [-0.39, 0.29) is 22.6 Å². The number of carboxylic acid groups (broad SMARTS) is 1. The summed E-state index contributed by atoms with van der Waals surface area (Å²) in [5, 5.41) is 8.89. The molecule has 0 radical (unpaired) electrons. The molecule has 0 bridgehead atoms. The number of aromatic carboxylic acids is 1. The van der Waals surface area contributed by atoms with Crippen LogP contribution in [-0.2, 0) is 14.8 Å². The molecular formula is C16H21NO5S. The van der Waals surface area contributed by atoms with Crippen molar-refractivity contribution in [3.63, 3.8) is 0 Å². The van der Waals surface area contributed by atoms with E-state index < -0.39 is 16.0 Å². The minimum absolute atomic E-state index is 0.0654. The number of benzene rings is 1. The number of rotatable bonds is 6. The second-order valence-corrected chi connectivity index (χ2v) is 7.93. The zero-order valence-electron chi connectivity index (χ0n) is 12.8. The van der Waals surface area contributed by atoms with Crippen LogP contribution >= 0.6 is 0 Å². The van der Waals surface area contributed by atoms with Crippen molar-refractivity contribution in [2.45, 2.75) is 49.1 Å². The van der Waals surface area contributed by atoms with Gasteiger partial charge in [-0.1, -0.05) is 0 Å². The second-order valence-electron chi connectivity index (χ2n) is 6.22. The van der Waals surface area contributed by atoms with E-state index in [2.05, 4.69) is 4.72 Å². The monoisotopic (exact) mass is 339 g/mol. The summed E-state index contributed by atoms with van der Waals surface area (Å²) in [7, 11) is -3.68. The van der Waals surface area contributed by atoms with Gasteiger partial charge in [0.1, 0.15) is 0 Å². The van der Waals surface area contributed by atoms with E-state index in [1.54, 1.807) is 0 Å². The van der Waals surface area contributed by atoms with Gasteiger partial charge >= 0.3 is 5.97 Å². The number of ether oxygens (including phenoxy) is 1. The fraction of sp³-hybridized carbons (Fsp3) is 0.562. The standard InChI is InChI=1S/C16H21NO5S/c18-16(19)12-6-8-13(9-7-12)23(20,21)17-15(11-4-5-11)14-3-1-2-10-22-14/h6-9,11,14-15,17H,1-5,10H2,(H,18,19). The summed E-state index contributed by atoms with van der Waals surface area (Å²) in [5.74, 6) is -0.737. The van der Waals surface area contributed by atoms with Crippen LogP contribution in [0.15, 0.2) is 29.2 Å². The number of hydrogen-bond acceptors (Lipinski definition) is 4. The summed E-state index contributed by atoms with van der Waals surface area (Å²) < 4.78 is 33.7. The molecular weight excluding hydrogens is 318 g/mol. The third kappa shape index (κ3) is 3.91. The molecule has 1 aromatic rings. The molecule has 2 unspecified atom stereocenters. The van der Waals surface area contributed by atoms with Gasteiger partial charge in [0.15, 0.2) is 0 Å². The van der Waals surface area contributed by atoms with Crippen LogP contribution in [0.2, 0.25) is 0 Å². The minimum Gasteiger partial charge on any atom is -0.478 e. The molecule has 1 heterocycles. The van der Waals surface area contributed by atoms with E-state index in [1.807, 2.05) is 0 Å². The first-order valence-corrected chi connectivity index (χ1v) is 9.43. The molecule has 0 amide bonds. The molecule has 126 valence electrons. The Morgan fingerprint density at radius 3 is 2.39 bits per heavy atom. The summed E-state index contributed by atoms with van der Waals surface area (Å²) >= 11 is 0. The fourth-order valence-electron chi connectivity index (χ4n) is 3.00. The molecule has 1 aliphatic carbocycles. The van der Waals surface area contributed by atoms with E-state index in [1.165, 1.54) is 24.3 Å². The van der Waals surface area contributed by atoms with Crippen LogP contribution < -0.4 is 4.72 Å². The highest BCUT2D eigenvalue weighted by Crippen LogP contribution is 2.37. The van der Waals surface area contributed by atoms with Gasteiger partial charge in [0.25, 0.3) is 0 Å². The Kier molecular flexibility index (Phi) is 4.70. The lowest BCUT2D eigenvalue weighted by Gasteiger charge is -2.31. The summed E-state index contributed by atoms with van der Waals surface area (Å²) in [6.07, 6.45) is 4.93. The number of carbonyl (C=O) groups is 1. The van der Waals surface area contributed by atoms with Gasteiger partial charge in [0.2, 0.25) is 10.0 Å². The van der Waals surface area contributed by atoms with E-state index in [0.29, 0.717) is 12.5 Å². The average Bonchev–Trinajstić information content (AvgIpc) is 3.38. The van der Waals surface area contributed by atoms with Crippen LogP contribution in [0.4, 0.5) is 0 Å². The Morgan fingerprint density at radius 1 is 1.17 bits per heavy atom. The third-order valence-corrected chi connectivity index (χ3v) is 5.92. The highest BCUT2D eigenvalue weighted by Gasteiger charge is 2.40. The van der Waals surface area contributed by atoms with Gasteiger partial charge in [-0.25, -0.2) is 17.9 Å². The summed E-state index contributed by atoms with van der Waals surface area (Å²) in [6, 6.07) is 5.08. The van der Waals surface area contributed by atoms with Crippen LogP contribution in [0.25, 0.3) is 0 Å². The highest BCUT2D eigenvalue weighted by molar-refractivity contribution is 7.89. The molecule has 6 nitrogen and oxygen atoms in total. The first kappa shape index (κ1) is 16.4. The summed E-state index contributed by atoms with van der Waals surface area (Å²) in [4.78, 5) is 10.9. The number of nitrogens with one attached hydrogen (secondary N) is 1. The highest BCUT2D eigenvalue weighted by atomic mass is 32.2. The van der Waals surface area contributed by atoms with Gasteiger partial charge in [-0.05, 0) is 62.3 Å². The Hall–Kier alpha value is -1.44. The fourth-order valence-corrected chi connectivity index (χ4v) is 4.34. The Bertz CT molecular complexity index is 660. The average molecular weight is 339 g/mol. The molecule has 0 spiro atoms. The Labute approximate surface area is 135 Å². The quantitative estimate of drug-likeness (QED) is 0.827. The van der Waals surface area contributed by atoms with Gasteiger partial charge in [-0.3, -0.25) is 0 Å². The lowest BCUT2D eigenvalue weighted by atomic mass is 9.99. The second kappa shape index (κ2) is 6.59. The van der Waals surface area contributed by atoms with Crippen molar-refractivity contribution in [3.05, 3.63) is 29.8 Å². The maximum absolute atomic E-state index is 12.6. The molecule has 2 aliphatic rings. The zero-order chi connectivity index (χ0) is 16.4. The van der Waals surface area contributed by atoms with Crippen molar-refractivity contribution in [3.8, 4) is 0 Å². The van der Waals surface area contributed by atoms with Gasteiger partial charge < -0.3 is 9.84 Å². The molecule has 2 atom stereocenters. The summed E-state index contributed by atoms with van der Waals surface area (Å²) in [5.41, 5.74) is 0.0679. The predicted octanol–water partition coefficient (Wildman–Crippen LogP) is 2.01. The zero-order valence-corrected chi connectivity index (χ0v) is 13.6. The lowest BCUT2D eigenvalue weighted by Crippen LogP contribution is -2.47. The van der Waals surface area contributed by atoms with E-state index >= 15 is 0 Å². The van der Waals surface area contributed by atoms with Crippen LogP contribution in [-0.4, -0.2) is 38.2 Å². The van der Waals surface area contributed by atoms with E-state index in [0.717, 1.165) is 32.1 Å². The SMILES string of the molecule is O=C(O)c1ccc(S(=O)(=O)NC(C2CC2)C2CCCCO2)cc1. The molecule has 1 saturated carbocycles. The number of hydrogen-bond donors (Lipinski definition) is 2. The molecule has 1 aromatic carbocycles. The normalized spacial score (nSPS) is 23.4. The number of sulfonamides is 1. The Balaban J connectivity index is 1.76. The van der Waals surface area contributed by atoms with Crippen molar-refractivity contribution in [1.82, 2.24) is 4.72 Å². The van der Waals surface area contributed by atoms with Crippen LogP contribution in [0, 0.1) is 5.92 Å². The molecule has 1 aliphatic heterocycles. The molecule has 0 aromatic heterocycles. The van der Waals surface area contributed by atoms with Crippen LogP contribution in [0.5, 0.6) is 0 Å². The van der Waals surface area contributed by atoms with Crippen LogP contribution in [0.1, 0.15) is 42.5 Å². The molecule has 1 saturated heterocycles. The first-order valence-electron chi connectivity index (χ1n) is 7.95. The maximum atomic E-state index is 12.6.